The van der Waals surface area contributed by atoms with E-state index < -0.39 is 0 Å². The summed E-state index contributed by atoms with van der Waals surface area (Å²) in [5, 5.41) is 11.2. The van der Waals surface area contributed by atoms with Crippen molar-refractivity contribution >= 4 is 22.2 Å². The average Bonchev–Trinajstić information content (AvgIpc) is 3.36. The Morgan fingerprint density at radius 3 is 2.84 bits per heavy atom. The molecule has 5 heteroatoms. The number of hydrogen-bond donors (Lipinski definition) is 0. The van der Waals surface area contributed by atoms with Crippen LogP contribution in [0.1, 0.15) is 48.5 Å². The summed E-state index contributed by atoms with van der Waals surface area (Å²) in [6.07, 6.45) is 2.88. The van der Waals surface area contributed by atoms with Crippen molar-refractivity contribution in [2.24, 2.45) is 11.8 Å². The van der Waals surface area contributed by atoms with Gasteiger partial charge in [-0.25, -0.2) is 4.98 Å². The van der Waals surface area contributed by atoms with Crippen molar-refractivity contribution in [1.29, 1.82) is 5.26 Å². The summed E-state index contributed by atoms with van der Waals surface area (Å²) in [5.41, 5.74) is 2.52. The molecule has 1 heterocycles. The van der Waals surface area contributed by atoms with Crippen LogP contribution in [0.5, 0.6) is 0 Å². The summed E-state index contributed by atoms with van der Waals surface area (Å²) in [7, 11) is 0. The van der Waals surface area contributed by atoms with Gasteiger partial charge in [0.2, 0.25) is 5.91 Å². The van der Waals surface area contributed by atoms with Crippen LogP contribution in [0.2, 0.25) is 0 Å². The average molecular weight is 353 g/mol. The van der Waals surface area contributed by atoms with Crippen molar-refractivity contribution in [3.05, 3.63) is 46.1 Å². The molecule has 130 valence electrons. The van der Waals surface area contributed by atoms with E-state index in [1.54, 1.807) is 17.4 Å². The fourth-order valence-electron chi connectivity index (χ4n) is 2.85. The van der Waals surface area contributed by atoms with Crippen molar-refractivity contribution in [1.82, 2.24) is 4.98 Å². The Morgan fingerprint density at radius 1 is 1.44 bits per heavy atom. The normalized spacial score (nSPS) is 13.7. The number of anilines is 1. The number of nitrogens with zero attached hydrogens (tertiary/aromatic N) is 3. The van der Waals surface area contributed by atoms with Crippen molar-refractivity contribution < 1.29 is 4.79 Å². The molecule has 1 fully saturated rings. The minimum absolute atomic E-state index is 0.147. The van der Waals surface area contributed by atoms with E-state index in [1.807, 2.05) is 30.0 Å². The molecule has 0 saturated heterocycles. The lowest BCUT2D eigenvalue weighted by atomic mass is 10.1. The maximum atomic E-state index is 12.9. The Balaban J connectivity index is 1.91. The van der Waals surface area contributed by atoms with Gasteiger partial charge in [0.1, 0.15) is 5.00 Å². The third-order valence-electron chi connectivity index (χ3n) is 4.23. The Labute approximate surface area is 153 Å². The van der Waals surface area contributed by atoms with Crippen LogP contribution in [-0.4, -0.2) is 10.9 Å². The van der Waals surface area contributed by atoms with Crippen LogP contribution in [-0.2, 0) is 17.8 Å². The smallest absolute Gasteiger partial charge is 0.231 e. The fourth-order valence-corrected chi connectivity index (χ4v) is 4.13. The van der Waals surface area contributed by atoms with Gasteiger partial charge in [-0.15, -0.1) is 11.3 Å². The largest absolute Gasteiger partial charge is 0.298 e. The van der Waals surface area contributed by atoms with Gasteiger partial charge in [0.25, 0.3) is 0 Å². The molecule has 4 nitrogen and oxygen atoms in total. The predicted octanol–water partition coefficient (Wildman–Crippen LogP) is 4.46. The van der Waals surface area contributed by atoms with E-state index in [0.717, 1.165) is 40.5 Å². The van der Waals surface area contributed by atoms with Gasteiger partial charge in [-0.2, -0.15) is 5.26 Å². The highest BCUT2D eigenvalue weighted by Gasteiger charge is 2.35. The number of aryl methyl sites for hydroxylation is 1. The molecular formula is C20H23N3OS. The molecule has 25 heavy (non-hydrogen) atoms. The zero-order valence-corrected chi connectivity index (χ0v) is 15.8. The second-order valence-electron chi connectivity index (χ2n) is 7.11. The highest BCUT2D eigenvalue weighted by molar-refractivity contribution is 7.16. The zero-order valence-electron chi connectivity index (χ0n) is 15.0. The highest BCUT2D eigenvalue weighted by Crippen LogP contribution is 2.37. The first-order chi connectivity index (χ1) is 12.0. The minimum atomic E-state index is 0.147. The second-order valence-corrected chi connectivity index (χ2v) is 8.17. The number of benzene rings is 1. The molecule has 1 aliphatic carbocycles. The van der Waals surface area contributed by atoms with Gasteiger partial charge in [-0.3, -0.25) is 9.69 Å². The number of thiazole rings is 1. The molecule has 3 rings (SSSR count). The summed E-state index contributed by atoms with van der Waals surface area (Å²) in [6.45, 7) is 6.83. The van der Waals surface area contributed by atoms with Crippen molar-refractivity contribution in [3.8, 4) is 6.07 Å². The van der Waals surface area contributed by atoms with Gasteiger partial charge in [0.15, 0.2) is 0 Å². The number of rotatable bonds is 6. The topological polar surface area (TPSA) is 57.0 Å². The molecule has 0 N–H and O–H groups in total. The van der Waals surface area contributed by atoms with Crippen molar-refractivity contribution in [2.45, 2.75) is 46.6 Å². The fraction of sp³-hybridized carbons (Fsp3) is 0.450. The number of hydrogen-bond acceptors (Lipinski definition) is 4. The van der Waals surface area contributed by atoms with Crippen molar-refractivity contribution in [2.75, 3.05) is 4.90 Å². The van der Waals surface area contributed by atoms with Crippen LogP contribution in [0.15, 0.2) is 24.3 Å². The molecule has 0 spiro atoms. The van der Waals surface area contributed by atoms with E-state index >= 15 is 0 Å². The van der Waals surface area contributed by atoms with E-state index in [1.165, 1.54) is 0 Å². The van der Waals surface area contributed by atoms with Gasteiger partial charge >= 0.3 is 0 Å². The van der Waals surface area contributed by atoms with Crippen molar-refractivity contribution in [3.63, 3.8) is 0 Å². The first-order valence-electron chi connectivity index (χ1n) is 8.74. The van der Waals surface area contributed by atoms with E-state index in [9.17, 15) is 4.79 Å². The highest BCUT2D eigenvalue weighted by atomic mass is 32.1. The number of aromatic nitrogens is 1. The first-order valence-corrected chi connectivity index (χ1v) is 9.56. The van der Waals surface area contributed by atoms with Crippen LogP contribution in [0.3, 0.4) is 0 Å². The quantitative estimate of drug-likeness (QED) is 0.770. The van der Waals surface area contributed by atoms with E-state index in [-0.39, 0.29) is 11.8 Å². The molecule has 0 atom stereocenters. The summed E-state index contributed by atoms with van der Waals surface area (Å²) < 4.78 is 0. The van der Waals surface area contributed by atoms with Crippen LogP contribution in [0.4, 0.5) is 5.00 Å². The maximum absolute atomic E-state index is 12.9. The minimum Gasteiger partial charge on any atom is -0.298 e. The van der Waals surface area contributed by atoms with E-state index in [0.29, 0.717) is 18.0 Å². The molecule has 0 radical (unpaired) electrons. The summed E-state index contributed by atoms with van der Waals surface area (Å²) >= 11 is 1.63. The molecule has 1 aliphatic rings. The molecule has 1 aromatic heterocycles. The Morgan fingerprint density at radius 2 is 2.20 bits per heavy atom. The number of carbonyl (C=O) groups is 1. The third-order valence-corrected chi connectivity index (χ3v) is 5.44. The number of nitriles is 1. The Bertz CT molecular complexity index is 815. The van der Waals surface area contributed by atoms with Gasteiger partial charge in [-0.1, -0.05) is 26.0 Å². The number of carbonyl (C=O) groups excluding carboxylic acids is 1. The third kappa shape index (κ3) is 4.26. The molecule has 1 amide bonds. The van der Waals surface area contributed by atoms with Crippen LogP contribution in [0, 0.1) is 30.1 Å². The maximum Gasteiger partial charge on any atom is 0.231 e. The zero-order chi connectivity index (χ0) is 18.0. The molecule has 0 aliphatic heterocycles. The standard InChI is InChI=1S/C20H23N3OS/c1-13(2)9-18-22-14(3)20(25-18)23(19(24)17-7-8-17)12-16-6-4-5-15(10-16)11-21/h4-6,10,13,17H,7-9,12H2,1-3H3. The monoisotopic (exact) mass is 353 g/mol. The summed E-state index contributed by atoms with van der Waals surface area (Å²) in [5.74, 6) is 0.873. The molecular weight excluding hydrogens is 330 g/mol. The van der Waals surface area contributed by atoms with Crippen LogP contribution in [0.25, 0.3) is 0 Å². The number of amides is 1. The van der Waals surface area contributed by atoms with Crippen LogP contribution < -0.4 is 4.90 Å². The molecule has 0 unspecified atom stereocenters. The molecule has 2 aromatic rings. The SMILES string of the molecule is Cc1nc(CC(C)C)sc1N(Cc1cccc(C#N)c1)C(=O)C1CC1. The summed E-state index contributed by atoms with van der Waals surface area (Å²) in [4.78, 5) is 19.4. The Hall–Kier alpha value is -2.19. The molecule has 1 aromatic carbocycles. The molecule has 1 saturated carbocycles. The van der Waals surface area contributed by atoms with Gasteiger partial charge in [0.05, 0.1) is 28.9 Å². The Kier molecular flexibility index (Phi) is 5.19. The predicted molar refractivity (Wildman–Crippen MR) is 100 cm³/mol. The first kappa shape index (κ1) is 17.6. The van der Waals surface area contributed by atoms with E-state index in [2.05, 4.69) is 24.9 Å². The lowest BCUT2D eigenvalue weighted by Gasteiger charge is -2.22. The summed E-state index contributed by atoms with van der Waals surface area (Å²) in [6, 6.07) is 9.66. The van der Waals surface area contributed by atoms with Gasteiger partial charge in [-0.05, 0) is 43.4 Å². The van der Waals surface area contributed by atoms with Gasteiger partial charge < -0.3 is 0 Å². The van der Waals surface area contributed by atoms with Crippen LogP contribution >= 0.6 is 11.3 Å². The molecule has 0 bridgehead atoms. The lowest BCUT2D eigenvalue weighted by Crippen LogP contribution is -2.31. The lowest BCUT2D eigenvalue weighted by molar-refractivity contribution is -0.119. The van der Waals surface area contributed by atoms with E-state index in [4.69, 9.17) is 5.26 Å². The second kappa shape index (κ2) is 7.37. The van der Waals surface area contributed by atoms with Gasteiger partial charge in [0, 0.05) is 12.3 Å².